The number of aliphatic hydroxyl groups is 1. The molecular weight excluding hydrogens is 224 g/mol. The summed E-state index contributed by atoms with van der Waals surface area (Å²) in [5.41, 5.74) is 2.71. The van der Waals surface area contributed by atoms with Crippen LogP contribution in [0.2, 0.25) is 0 Å². The summed E-state index contributed by atoms with van der Waals surface area (Å²) in [5.74, 6) is 1.14. The highest BCUT2D eigenvalue weighted by molar-refractivity contribution is 6.18. The Morgan fingerprint density at radius 1 is 1.31 bits per heavy atom. The molecule has 2 rings (SSSR count). The van der Waals surface area contributed by atoms with Crippen LogP contribution in [0.3, 0.4) is 0 Å². The van der Waals surface area contributed by atoms with E-state index in [9.17, 15) is 5.11 Å². The monoisotopic (exact) mass is 240 g/mol. The van der Waals surface area contributed by atoms with E-state index in [2.05, 4.69) is 6.07 Å². The van der Waals surface area contributed by atoms with Crippen molar-refractivity contribution in [2.45, 2.75) is 31.8 Å². The maximum atomic E-state index is 9.37. The second-order valence-corrected chi connectivity index (χ2v) is 4.53. The van der Waals surface area contributed by atoms with Crippen LogP contribution in [-0.2, 0) is 12.8 Å². The molecule has 0 aliphatic heterocycles. The summed E-state index contributed by atoms with van der Waals surface area (Å²) in [5, 5.41) is 9.37. The highest BCUT2D eigenvalue weighted by atomic mass is 35.5. The molecule has 88 valence electrons. The highest BCUT2D eigenvalue weighted by Gasteiger charge is 2.14. The minimum atomic E-state index is -0.582. The van der Waals surface area contributed by atoms with E-state index in [1.54, 1.807) is 0 Å². The number of fused-ring (bicyclic) bond motifs is 1. The van der Waals surface area contributed by atoms with Gasteiger partial charge in [-0.3, -0.25) is 0 Å². The number of ether oxygens (including phenoxy) is 1. The maximum Gasteiger partial charge on any atom is 0.122 e. The first-order valence-electron chi connectivity index (χ1n) is 5.79. The summed E-state index contributed by atoms with van der Waals surface area (Å²) in [6, 6.07) is 6.16. The highest BCUT2D eigenvalue weighted by Crippen LogP contribution is 2.29. The molecule has 1 aliphatic rings. The molecular formula is C13H17ClO2. The number of aryl methyl sites for hydroxylation is 1. The Labute approximate surface area is 101 Å². The third-order valence-corrected chi connectivity index (χ3v) is 3.32. The lowest BCUT2D eigenvalue weighted by molar-refractivity contribution is 0.124. The quantitative estimate of drug-likeness (QED) is 0.820. The standard InChI is InChI=1S/C13H17ClO2/c14-8-11(15)9-16-13-7-3-5-10-4-1-2-6-12(10)13/h3,5,7,11,15H,1-2,4,6,8-9H2. The molecule has 0 saturated carbocycles. The van der Waals surface area contributed by atoms with Crippen LogP contribution in [-0.4, -0.2) is 23.7 Å². The van der Waals surface area contributed by atoms with Gasteiger partial charge in [-0.05, 0) is 42.9 Å². The molecule has 0 spiro atoms. The first kappa shape index (κ1) is 11.7. The lowest BCUT2D eigenvalue weighted by Crippen LogP contribution is -2.19. The summed E-state index contributed by atoms with van der Waals surface area (Å²) in [7, 11) is 0. The summed E-state index contributed by atoms with van der Waals surface area (Å²) in [4.78, 5) is 0. The van der Waals surface area contributed by atoms with Gasteiger partial charge in [0.25, 0.3) is 0 Å². The topological polar surface area (TPSA) is 29.5 Å². The molecule has 1 aromatic rings. The first-order valence-corrected chi connectivity index (χ1v) is 6.32. The van der Waals surface area contributed by atoms with Crippen LogP contribution < -0.4 is 4.74 Å². The Morgan fingerprint density at radius 2 is 2.12 bits per heavy atom. The molecule has 0 radical (unpaired) electrons. The average Bonchev–Trinajstić information content (AvgIpc) is 2.35. The number of hydrogen-bond acceptors (Lipinski definition) is 2. The number of benzene rings is 1. The molecule has 2 nitrogen and oxygen atoms in total. The van der Waals surface area contributed by atoms with E-state index in [-0.39, 0.29) is 12.5 Å². The molecule has 16 heavy (non-hydrogen) atoms. The van der Waals surface area contributed by atoms with Gasteiger partial charge in [0.1, 0.15) is 18.5 Å². The van der Waals surface area contributed by atoms with Gasteiger partial charge in [0.2, 0.25) is 0 Å². The number of halogens is 1. The van der Waals surface area contributed by atoms with Crippen LogP contribution in [0.4, 0.5) is 0 Å². The number of alkyl halides is 1. The molecule has 0 bridgehead atoms. The van der Waals surface area contributed by atoms with Gasteiger partial charge in [-0.1, -0.05) is 12.1 Å². The van der Waals surface area contributed by atoms with Gasteiger partial charge >= 0.3 is 0 Å². The van der Waals surface area contributed by atoms with Crippen molar-refractivity contribution in [3.63, 3.8) is 0 Å². The van der Waals surface area contributed by atoms with Crippen molar-refractivity contribution in [3.8, 4) is 5.75 Å². The fourth-order valence-electron chi connectivity index (χ4n) is 2.11. The van der Waals surface area contributed by atoms with E-state index in [1.807, 2.05) is 12.1 Å². The molecule has 0 amide bonds. The Morgan fingerprint density at radius 3 is 2.94 bits per heavy atom. The zero-order chi connectivity index (χ0) is 11.4. The predicted molar refractivity (Wildman–Crippen MR) is 65.3 cm³/mol. The normalized spacial score (nSPS) is 16.6. The molecule has 1 N–H and O–H groups in total. The van der Waals surface area contributed by atoms with Crippen LogP contribution in [0.1, 0.15) is 24.0 Å². The van der Waals surface area contributed by atoms with Crippen LogP contribution in [0.15, 0.2) is 18.2 Å². The van der Waals surface area contributed by atoms with Gasteiger partial charge in [-0.25, -0.2) is 0 Å². The maximum absolute atomic E-state index is 9.37. The fourth-order valence-corrected chi connectivity index (χ4v) is 2.20. The third kappa shape index (κ3) is 2.69. The molecule has 1 atom stereocenters. The molecule has 0 aromatic heterocycles. The summed E-state index contributed by atoms with van der Waals surface area (Å²) in [6.07, 6.45) is 4.14. The van der Waals surface area contributed by atoms with Crippen LogP contribution in [0, 0.1) is 0 Å². The van der Waals surface area contributed by atoms with Crippen molar-refractivity contribution in [1.82, 2.24) is 0 Å². The third-order valence-electron chi connectivity index (χ3n) is 2.96. The zero-order valence-corrected chi connectivity index (χ0v) is 10.0. The summed E-state index contributed by atoms with van der Waals surface area (Å²) < 4.78 is 5.62. The van der Waals surface area contributed by atoms with Crippen LogP contribution >= 0.6 is 11.6 Å². The lowest BCUT2D eigenvalue weighted by Gasteiger charge is -2.20. The fraction of sp³-hybridized carbons (Fsp3) is 0.538. The lowest BCUT2D eigenvalue weighted by atomic mass is 9.91. The first-order chi connectivity index (χ1) is 7.81. The second-order valence-electron chi connectivity index (χ2n) is 4.22. The Balaban J connectivity index is 2.08. The SMILES string of the molecule is OC(CCl)COc1cccc2c1CCCC2. The molecule has 0 saturated heterocycles. The van der Waals surface area contributed by atoms with Gasteiger partial charge in [-0.2, -0.15) is 0 Å². The average molecular weight is 241 g/mol. The Hall–Kier alpha value is -0.730. The number of hydrogen-bond donors (Lipinski definition) is 1. The van der Waals surface area contributed by atoms with E-state index in [1.165, 1.54) is 24.0 Å². The van der Waals surface area contributed by atoms with Crippen molar-refractivity contribution in [3.05, 3.63) is 29.3 Å². The van der Waals surface area contributed by atoms with E-state index < -0.39 is 6.10 Å². The van der Waals surface area contributed by atoms with E-state index in [0.29, 0.717) is 0 Å². The molecule has 3 heteroatoms. The Bertz CT molecular complexity index is 352. The largest absolute Gasteiger partial charge is 0.491 e. The van der Waals surface area contributed by atoms with Gasteiger partial charge < -0.3 is 9.84 Å². The molecule has 1 aliphatic carbocycles. The molecule has 1 aromatic carbocycles. The minimum Gasteiger partial charge on any atom is -0.491 e. The second kappa shape index (κ2) is 5.55. The van der Waals surface area contributed by atoms with Gasteiger partial charge in [0, 0.05) is 0 Å². The summed E-state index contributed by atoms with van der Waals surface area (Å²) in [6.45, 7) is 0.278. The van der Waals surface area contributed by atoms with Crippen molar-refractivity contribution in [2.24, 2.45) is 0 Å². The predicted octanol–water partition coefficient (Wildman–Crippen LogP) is 2.54. The zero-order valence-electron chi connectivity index (χ0n) is 9.29. The molecule has 0 fully saturated rings. The minimum absolute atomic E-state index is 0.217. The van der Waals surface area contributed by atoms with Crippen LogP contribution in [0.25, 0.3) is 0 Å². The summed E-state index contributed by atoms with van der Waals surface area (Å²) >= 11 is 5.53. The van der Waals surface area contributed by atoms with Gasteiger partial charge in [-0.15, -0.1) is 11.6 Å². The molecule has 0 heterocycles. The van der Waals surface area contributed by atoms with Crippen molar-refractivity contribution >= 4 is 11.6 Å². The number of rotatable bonds is 4. The smallest absolute Gasteiger partial charge is 0.122 e. The van der Waals surface area contributed by atoms with Crippen molar-refractivity contribution < 1.29 is 9.84 Å². The van der Waals surface area contributed by atoms with Crippen LogP contribution in [0.5, 0.6) is 5.75 Å². The number of aliphatic hydroxyl groups excluding tert-OH is 1. The van der Waals surface area contributed by atoms with E-state index >= 15 is 0 Å². The molecule has 1 unspecified atom stereocenters. The van der Waals surface area contributed by atoms with Crippen molar-refractivity contribution in [2.75, 3.05) is 12.5 Å². The van der Waals surface area contributed by atoms with E-state index in [4.69, 9.17) is 16.3 Å². The Kier molecular flexibility index (Phi) is 4.08. The van der Waals surface area contributed by atoms with E-state index in [0.717, 1.165) is 18.6 Å². The van der Waals surface area contributed by atoms with Crippen molar-refractivity contribution in [1.29, 1.82) is 0 Å². The van der Waals surface area contributed by atoms with Gasteiger partial charge in [0.05, 0.1) is 5.88 Å². The van der Waals surface area contributed by atoms with Gasteiger partial charge in [0.15, 0.2) is 0 Å².